The number of hydrogen-bond donors (Lipinski definition) is 1. The Kier molecular flexibility index (Phi) is 5.55. The molecule has 0 atom stereocenters. The molecule has 1 aromatic carbocycles. The number of hydrogen-bond acceptors (Lipinski definition) is 4. The zero-order valence-corrected chi connectivity index (χ0v) is 13.0. The van der Waals surface area contributed by atoms with E-state index in [0.29, 0.717) is 5.92 Å². The number of ether oxygens (including phenoxy) is 1. The maximum Gasteiger partial charge on any atom is 0.144 e. The van der Waals surface area contributed by atoms with Crippen LogP contribution in [0.4, 0.5) is 5.82 Å². The summed E-state index contributed by atoms with van der Waals surface area (Å²) in [6.45, 7) is 7.83. The van der Waals surface area contributed by atoms with Crippen molar-refractivity contribution in [3.05, 3.63) is 47.9 Å². The molecule has 0 unspecified atom stereocenters. The van der Waals surface area contributed by atoms with E-state index >= 15 is 0 Å². The van der Waals surface area contributed by atoms with Crippen LogP contribution in [0.5, 0.6) is 5.75 Å². The standard InChI is InChI=1S/C17H23N3O/c1-13(2)12-21-16-6-4-15(5-7-16)8-9-19-17-11-18-10-14(3)20-17/h4-7,10-11,13H,8-9,12H2,1-3H3,(H,19,20). The van der Waals surface area contributed by atoms with Crippen molar-refractivity contribution in [3.63, 3.8) is 0 Å². The molecule has 0 aliphatic carbocycles. The maximum atomic E-state index is 5.68. The Hall–Kier alpha value is -2.10. The van der Waals surface area contributed by atoms with Crippen LogP contribution in [0, 0.1) is 12.8 Å². The van der Waals surface area contributed by atoms with Gasteiger partial charge in [0.25, 0.3) is 0 Å². The van der Waals surface area contributed by atoms with Gasteiger partial charge in [0.15, 0.2) is 0 Å². The van der Waals surface area contributed by atoms with E-state index in [2.05, 4.69) is 41.3 Å². The van der Waals surface area contributed by atoms with Gasteiger partial charge in [0.2, 0.25) is 0 Å². The van der Waals surface area contributed by atoms with E-state index in [1.54, 1.807) is 12.4 Å². The topological polar surface area (TPSA) is 47.0 Å². The molecule has 112 valence electrons. The Bertz CT molecular complexity index is 552. The predicted molar refractivity (Wildman–Crippen MR) is 85.7 cm³/mol. The van der Waals surface area contributed by atoms with Gasteiger partial charge in [0.05, 0.1) is 18.5 Å². The number of benzene rings is 1. The van der Waals surface area contributed by atoms with Gasteiger partial charge in [-0.1, -0.05) is 26.0 Å². The van der Waals surface area contributed by atoms with Crippen LogP contribution >= 0.6 is 0 Å². The second-order valence-electron chi connectivity index (χ2n) is 5.57. The lowest BCUT2D eigenvalue weighted by Crippen LogP contribution is -2.07. The summed E-state index contributed by atoms with van der Waals surface area (Å²) < 4.78 is 5.68. The molecule has 0 saturated heterocycles. The van der Waals surface area contributed by atoms with Crippen LogP contribution in [-0.2, 0) is 6.42 Å². The quantitative estimate of drug-likeness (QED) is 0.846. The van der Waals surface area contributed by atoms with Gasteiger partial charge in [-0.15, -0.1) is 0 Å². The molecule has 0 spiro atoms. The molecule has 21 heavy (non-hydrogen) atoms. The summed E-state index contributed by atoms with van der Waals surface area (Å²) in [5.74, 6) is 2.31. The van der Waals surface area contributed by atoms with E-state index in [-0.39, 0.29) is 0 Å². The van der Waals surface area contributed by atoms with E-state index in [1.807, 2.05) is 19.1 Å². The van der Waals surface area contributed by atoms with Crippen molar-refractivity contribution in [1.29, 1.82) is 0 Å². The number of aryl methyl sites for hydroxylation is 1. The molecule has 4 nitrogen and oxygen atoms in total. The molecule has 2 aromatic rings. The van der Waals surface area contributed by atoms with Gasteiger partial charge in [-0.3, -0.25) is 4.98 Å². The summed E-state index contributed by atoms with van der Waals surface area (Å²) in [7, 11) is 0. The summed E-state index contributed by atoms with van der Waals surface area (Å²) >= 11 is 0. The molecule has 0 fully saturated rings. The molecule has 0 saturated carbocycles. The number of anilines is 1. The van der Waals surface area contributed by atoms with Crippen LogP contribution in [0.15, 0.2) is 36.7 Å². The largest absolute Gasteiger partial charge is 0.493 e. The van der Waals surface area contributed by atoms with Gasteiger partial charge in [0, 0.05) is 12.7 Å². The molecule has 0 radical (unpaired) electrons. The van der Waals surface area contributed by atoms with Crippen molar-refractivity contribution in [2.75, 3.05) is 18.5 Å². The van der Waals surface area contributed by atoms with Gasteiger partial charge in [0.1, 0.15) is 11.6 Å². The second-order valence-corrected chi connectivity index (χ2v) is 5.57. The normalized spacial score (nSPS) is 10.7. The van der Waals surface area contributed by atoms with Crippen LogP contribution in [0.1, 0.15) is 25.1 Å². The van der Waals surface area contributed by atoms with Crippen LogP contribution in [0.2, 0.25) is 0 Å². The van der Waals surface area contributed by atoms with Crippen molar-refractivity contribution in [2.45, 2.75) is 27.2 Å². The summed E-state index contributed by atoms with van der Waals surface area (Å²) in [4.78, 5) is 8.48. The first kappa shape index (κ1) is 15.3. The van der Waals surface area contributed by atoms with E-state index in [1.165, 1.54) is 5.56 Å². The first-order valence-corrected chi connectivity index (χ1v) is 7.38. The smallest absolute Gasteiger partial charge is 0.144 e. The fraction of sp³-hybridized carbons (Fsp3) is 0.412. The van der Waals surface area contributed by atoms with Crippen molar-refractivity contribution in [2.24, 2.45) is 5.92 Å². The first-order chi connectivity index (χ1) is 10.1. The van der Waals surface area contributed by atoms with E-state index in [0.717, 1.165) is 36.8 Å². The van der Waals surface area contributed by atoms with Gasteiger partial charge in [-0.05, 0) is 37.0 Å². The molecular weight excluding hydrogens is 262 g/mol. The summed E-state index contributed by atoms with van der Waals surface area (Å²) in [5.41, 5.74) is 2.20. The van der Waals surface area contributed by atoms with Crippen LogP contribution in [0.3, 0.4) is 0 Å². The SMILES string of the molecule is Cc1cncc(NCCc2ccc(OCC(C)C)cc2)n1. The zero-order valence-electron chi connectivity index (χ0n) is 13.0. The number of nitrogens with zero attached hydrogens (tertiary/aromatic N) is 2. The fourth-order valence-corrected chi connectivity index (χ4v) is 1.90. The highest BCUT2D eigenvalue weighted by Gasteiger charge is 1.99. The van der Waals surface area contributed by atoms with Gasteiger partial charge >= 0.3 is 0 Å². The van der Waals surface area contributed by atoms with Crippen molar-refractivity contribution < 1.29 is 4.74 Å². The third-order valence-corrected chi connectivity index (χ3v) is 2.98. The summed E-state index contributed by atoms with van der Waals surface area (Å²) in [6, 6.07) is 8.28. The summed E-state index contributed by atoms with van der Waals surface area (Å²) in [6.07, 6.45) is 4.44. The lowest BCUT2D eigenvalue weighted by atomic mass is 10.1. The minimum Gasteiger partial charge on any atom is -0.493 e. The fourth-order valence-electron chi connectivity index (χ4n) is 1.90. The molecule has 1 heterocycles. The molecule has 1 N–H and O–H groups in total. The van der Waals surface area contributed by atoms with Crippen molar-refractivity contribution >= 4 is 5.82 Å². The zero-order chi connectivity index (χ0) is 15.1. The van der Waals surface area contributed by atoms with E-state index in [4.69, 9.17) is 4.74 Å². The van der Waals surface area contributed by atoms with E-state index in [9.17, 15) is 0 Å². The maximum absolute atomic E-state index is 5.68. The number of rotatable bonds is 7. The molecular formula is C17H23N3O. The van der Waals surface area contributed by atoms with Crippen molar-refractivity contribution in [1.82, 2.24) is 9.97 Å². The predicted octanol–water partition coefficient (Wildman–Crippen LogP) is 3.47. The highest BCUT2D eigenvalue weighted by atomic mass is 16.5. The Balaban J connectivity index is 1.78. The molecule has 4 heteroatoms. The monoisotopic (exact) mass is 285 g/mol. The number of nitrogens with one attached hydrogen (secondary N) is 1. The average molecular weight is 285 g/mol. The minimum absolute atomic E-state index is 0.546. The van der Waals surface area contributed by atoms with Crippen LogP contribution in [0.25, 0.3) is 0 Å². The van der Waals surface area contributed by atoms with Gasteiger partial charge in [-0.2, -0.15) is 0 Å². The van der Waals surface area contributed by atoms with Crippen LogP contribution in [-0.4, -0.2) is 23.1 Å². The molecule has 0 amide bonds. The Morgan fingerprint density at radius 3 is 2.57 bits per heavy atom. The lowest BCUT2D eigenvalue weighted by Gasteiger charge is -2.09. The molecule has 0 bridgehead atoms. The van der Waals surface area contributed by atoms with Crippen LogP contribution < -0.4 is 10.1 Å². The molecule has 2 rings (SSSR count). The number of aromatic nitrogens is 2. The average Bonchev–Trinajstić information content (AvgIpc) is 2.46. The Morgan fingerprint density at radius 1 is 1.14 bits per heavy atom. The third-order valence-electron chi connectivity index (χ3n) is 2.98. The van der Waals surface area contributed by atoms with Crippen molar-refractivity contribution in [3.8, 4) is 5.75 Å². The van der Waals surface area contributed by atoms with Gasteiger partial charge in [-0.25, -0.2) is 4.98 Å². The third kappa shape index (κ3) is 5.42. The second kappa shape index (κ2) is 7.62. The molecule has 1 aromatic heterocycles. The molecule has 0 aliphatic heterocycles. The Morgan fingerprint density at radius 2 is 1.90 bits per heavy atom. The lowest BCUT2D eigenvalue weighted by molar-refractivity contribution is 0.271. The van der Waals surface area contributed by atoms with Gasteiger partial charge < -0.3 is 10.1 Å². The summed E-state index contributed by atoms with van der Waals surface area (Å²) in [5, 5.41) is 3.28. The molecule has 0 aliphatic rings. The highest BCUT2D eigenvalue weighted by molar-refractivity contribution is 5.32. The highest BCUT2D eigenvalue weighted by Crippen LogP contribution is 2.13. The minimum atomic E-state index is 0.546. The first-order valence-electron chi connectivity index (χ1n) is 7.38. The Labute approximate surface area is 126 Å². The van der Waals surface area contributed by atoms with E-state index < -0.39 is 0 Å².